The fraction of sp³-hybridized carbons (Fsp3) is 0.250. The molecule has 0 N–H and O–H groups in total. The first-order chi connectivity index (χ1) is 5.38. The van der Waals surface area contributed by atoms with Crippen molar-refractivity contribution in [2.24, 2.45) is 0 Å². The molecular formula is C8H12GeO2. The maximum atomic E-state index is 5.25. The Balaban J connectivity index is 2.74. The van der Waals surface area contributed by atoms with Crippen molar-refractivity contribution in [2.75, 3.05) is 14.2 Å². The third-order valence-corrected chi connectivity index (χ3v) is 5.25. The molecule has 0 atom stereocenters. The van der Waals surface area contributed by atoms with Gasteiger partial charge in [0.15, 0.2) is 0 Å². The summed E-state index contributed by atoms with van der Waals surface area (Å²) in [5.41, 5.74) is 0. The average molecular weight is 213 g/mol. The summed E-state index contributed by atoms with van der Waals surface area (Å²) in [6.45, 7) is 0. The van der Waals surface area contributed by atoms with Crippen molar-refractivity contribution in [3.63, 3.8) is 0 Å². The molecular weight excluding hydrogens is 201 g/mol. The molecule has 3 heteroatoms. The summed E-state index contributed by atoms with van der Waals surface area (Å²) < 4.78 is 11.7. The molecule has 0 heterocycles. The van der Waals surface area contributed by atoms with Gasteiger partial charge in [0.2, 0.25) is 0 Å². The van der Waals surface area contributed by atoms with Crippen molar-refractivity contribution in [3.8, 4) is 0 Å². The first kappa shape index (κ1) is 8.78. The first-order valence-corrected chi connectivity index (χ1v) is 6.68. The zero-order valence-corrected chi connectivity index (χ0v) is 9.20. The van der Waals surface area contributed by atoms with Crippen LogP contribution in [0.4, 0.5) is 0 Å². The number of benzene rings is 1. The minimum atomic E-state index is -2.01. The topological polar surface area (TPSA) is 18.5 Å². The van der Waals surface area contributed by atoms with E-state index >= 15 is 0 Å². The van der Waals surface area contributed by atoms with E-state index in [2.05, 4.69) is 12.1 Å². The number of hydrogen-bond acceptors (Lipinski definition) is 2. The molecule has 0 fully saturated rings. The Kier molecular flexibility index (Phi) is 3.62. The van der Waals surface area contributed by atoms with Crippen LogP contribution in [0.15, 0.2) is 30.3 Å². The molecule has 11 heavy (non-hydrogen) atoms. The van der Waals surface area contributed by atoms with Gasteiger partial charge < -0.3 is 0 Å². The van der Waals surface area contributed by atoms with Gasteiger partial charge in [-0.2, -0.15) is 0 Å². The van der Waals surface area contributed by atoms with Crippen LogP contribution in [0.25, 0.3) is 0 Å². The van der Waals surface area contributed by atoms with Gasteiger partial charge in [0.05, 0.1) is 0 Å². The van der Waals surface area contributed by atoms with E-state index in [9.17, 15) is 0 Å². The van der Waals surface area contributed by atoms with Gasteiger partial charge in [0.1, 0.15) is 0 Å². The zero-order chi connectivity index (χ0) is 8.10. The molecule has 60 valence electrons. The van der Waals surface area contributed by atoms with Crippen LogP contribution >= 0.6 is 0 Å². The third-order valence-electron chi connectivity index (χ3n) is 1.50. The summed E-state index contributed by atoms with van der Waals surface area (Å²) in [6.07, 6.45) is 0. The second kappa shape index (κ2) is 4.54. The van der Waals surface area contributed by atoms with Crippen molar-refractivity contribution in [1.82, 2.24) is 0 Å². The predicted molar refractivity (Wildman–Crippen MR) is 47.2 cm³/mol. The molecule has 2 nitrogen and oxygen atoms in total. The molecule has 0 saturated heterocycles. The second-order valence-electron chi connectivity index (χ2n) is 2.21. The Hall–Kier alpha value is -0.317. The van der Waals surface area contributed by atoms with Gasteiger partial charge in [-0.15, -0.1) is 0 Å². The summed E-state index contributed by atoms with van der Waals surface area (Å²) in [6, 6.07) is 10.1. The molecule has 0 bridgehead atoms. The van der Waals surface area contributed by atoms with Crippen molar-refractivity contribution < 1.29 is 7.53 Å². The quantitative estimate of drug-likeness (QED) is 0.676. The zero-order valence-electron chi connectivity index (χ0n) is 6.78. The third kappa shape index (κ3) is 2.32. The Morgan fingerprint density at radius 3 is 2.00 bits per heavy atom. The molecule has 0 amide bonds. The second-order valence-corrected chi connectivity index (χ2v) is 6.98. The molecule has 0 radical (unpaired) electrons. The van der Waals surface area contributed by atoms with E-state index in [0.717, 1.165) is 0 Å². The minimum absolute atomic E-state index is 1.23. The Labute approximate surface area is 71.9 Å². The summed E-state index contributed by atoms with van der Waals surface area (Å²) in [5.74, 6) is 0. The molecule has 1 rings (SSSR count). The first-order valence-electron chi connectivity index (χ1n) is 3.49. The van der Waals surface area contributed by atoms with Gasteiger partial charge in [0, 0.05) is 0 Å². The van der Waals surface area contributed by atoms with E-state index < -0.39 is 15.0 Å². The molecule has 0 aliphatic heterocycles. The standard InChI is InChI=1S/C8H12GeO2/c1-10-9(11-2)8-6-4-3-5-7-8/h3-7,9H,1-2H3. The fourth-order valence-corrected chi connectivity index (χ4v) is 3.65. The van der Waals surface area contributed by atoms with E-state index in [1.165, 1.54) is 4.40 Å². The normalized spacial score (nSPS) is 10.5. The Morgan fingerprint density at radius 1 is 1.00 bits per heavy atom. The van der Waals surface area contributed by atoms with Gasteiger partial charge in [-0.25, -0.2) is 0 Å². The number of rotatable bonds is 3. The summed E-state index contributed by atoms with van der Waals surface area (Å²) in [4.78, 5) is 0. The van der Waals surface area contributed by atoms with Crippen LogP contribution in [0.5, 0.6) is 0 Å². The van der Waals surface area contributed by atoms with Gasteiger partial charge in [0.25, 0.3) is 0 Å². The molecule has 0 spiro atoms. The molecule has 0 saturated carbocycles. The van der Waals surface area contributed by atoms with E-state index in [0.29, 0.717) is 0 Å². The van der Waals surface area contributed by atoms with Crippen molar-refractivity contribution in [3.05, 3.63) is 30.3 Å². The molecule has 0 aliphatic rings. The summed E-state index contributed by atoms with van der Waals surface area (Å²) in [7, 11) is 3.42. The summed E-state index contributed by atoms with van der Waals surface area (Å²) in [5, 5.41) is 0. The molecule has 0 aliphatic carbocycles. The monoisotopic (exact) mass is 214 g/mol. The van der Waals surface area contributed by atoms with Crippen LogP contribution < -0.4 is 4.40 Å². The van der Waals surface area contributed by atoms with E-state index in [-0.39, 0.29) is 0 Å². The van der Waals surface area contributed by atoms with Gasteiger partial charge in [-0.05, 0) is 0 Å². The summed E-state index contributed by atoms with van der Waals surface area (Å²) >= 11 is -2.01. The van der Waals surface area contributed by atoms with Gasteiger partial charge in [-0.1, -0.05) is 0 Å². The molecule has 1 aromatic rings. The van der Waals surface area contributed by atoms with Crippen LogP contribution in [0.1, 0.15) is 0 Å². The Bertz CT molecular complexity index is 197. The van der Waals surface area contributed by atoms with Crippen LogP contribution in [0.2, 0.25) is 0 Å². The van der Waals surface area contributed by atoms with Gasteiger partial charge >= 0.3 is 71.5 Å². The maximum absolute atomic E-state index is 5.25. The van der Waals surface area contributed by atoms with E-state index in [1.807, 2.05) is 18.2 Å². The molecule has 1 aromatic carbocycles. The van der Waals surface area contributed by atoms with Crippen LogP contribution in [0, 0.1) is 0 Å². The van der Waals surface area contributed by atoms with Crippen LogP contribution in [0.3, 0.4) is 0 Å². The SMILES string of the molecule is C[O][GeH]([O]C)[c]1ccccc1. The Morgan fingerprint density at radius 2 is 1.55 bits per heavy atom. The molecule has 0 aromatic heterocycles. The van der Waals surface area contributed by atoms with Crippen LogP contribution in [-0.4, -0.2) is 29.2 Å². The predicted octanol–water partition coefficient (Wildman–Crippen LogP) is 0.407. The molecule has 0 unspecified atom stereocenters. The van der Waals surface area contributed by atoms with E-state index in [4.69, 9.17) is 7.53 Å². The van der Waals surface area contributed by atoms with Crippen molar-refractivity contribution >= 4 is 19.4 Å². The average Bonchev–Trinajstić information content (AvgIpc) is 2.09. The number of hydrogen-bond donors (Lipinski definition) is 0. The van der Waals surface area contributed by atoms with Crippen LogP contribution in [-0.2, 0) is 7.53 Å². The fourth-order valence-electron chi connectivity index (χ4n) is 0.979. The van der Waals surface area contributed by atoms with E-state index in [1.54, 1.807) is 14.2 Å². The van der Waals surface area contributed by atoms with Crippen molar-refractivity contribution in [2.45, 2.75) is 0 Å². The van der Waals surface area contributed by atoms with Crippen molar-refractivity contribution in [1.29, 1.82) is 0 Å². The van der Waals surface area contributed by atoms with Gasteiger partial charge in [-0.3, -0.25) is 0 Å².